The van der Waals surface area contributed by atoms with E-state index in [0.29, 0.717) is 10.5 Å². The summed E-state index contributed by atoms with van der Waals surface area (Å²) in [6, 6.07) is 15.6. The summed E-state index contributed by atoms with van der Waals surface area (Å²) in [5.74, 6) is 0.481. The highest BCUT2D eigenvalue weighted by Crippen LogP contribution is 2.30. The van der Waals surface area contributed by atoms with Crippen LogP contribution in [0.4, 0.5) is 0 Å². The summed E-state index contributed by atoms with van der Waals surface area (Å²) in [5.41, 5.74) is 3.66. The van der Waals surface area contributed by atoms with Gasteiger partial charge in [0, 0.05) is 16.6 Å². The SMILES string of the molecule is COC(=O)c1ccc(-c2ccc(-c3nc4ncccc4[nH]3)cc2)s1. The van der Waals surface area contributed by atoms with Crippen molar-refractivity contribution in [3.05, 3.63) is 59.6 Å². The maximum atomic E-state index is 11.6. The third kappa shape index (κ3) is 2.57. The van der Waals surface area contributed by atoms with Gasteiger partial charge in [-0.1, -0.05) is 24.3 Å². The smallest absolute Gasteiger partial charge is 0.348 e. The largest absolute Gasteiger partial charge is 0.465 e. The zero-order valence-electron chi connectivity index (χ0n) is 12.8. The Morgan fingerprint density at radius 1 is 1.08 bits per heavy atom. The number of aromatic nitrogens is 3. The summed E-state index contributed by atoms with van der Waals surface area (Å²) in [6.45, 7) is 0. The van der Waals surface area contributed by atoms with Crippen LogP contribution < -0.4 is 0 Å². The van der Waals surface area contributed by atoms with Crippen molar-refractivity contribution in [2.24, 2.45) is 0 Å². The van der Waals surface area contributed by atoms with E-state index in [1.165, 1.54) is 18.4 Å². The van der Waals surface area contributed by atoms with Crippen LogP contribution in [-0.4, -0.2) is 28.0 Å². The van der Waals surface area contributed by atoms with Crippen molar-refractivity contribution in [2.75, 3.05) is 7.11 Å². The molecule has 1 aromatic carbocycles. The van der Waals surface area contributed by atoms with E-state index in [2.05, 4.69) is 15.0 Å². The lowest BCUT2D eigenvalue weighted by Crippen LogP contribution is -1.96. The van der Waals surface area contributed by atoms with Crippen molar-refractivity contribution in [3.63, 3.8) is 0 Å². The number of carbonyl (C=O) groups excluding carboxylic acids is 1. The number of aromatic amines is 1. The fourth-order valence-electron chi connectivity index (χ4n) is 2.48. The molecule has 4 rings (SSSR count). The van der Waals surface area contributed by atoms with E-state index in [0.717, 1.165) is 27.3 Å². The number of pyridine rings is 1. The molecule has 0 unspecified atom stereocenters. The first kappa shape index (κ1) is 14.6. The van der Waals surface area contributed by atoms with Crippen LogP contribution in [0.5, 0.6) is 0 Å². The standard InChI is InChI=1S/C18H13N3O2S/c1-23-18(22)15-9-8-14(24-15)11-4-6-12(7-5-11)16-20-13-3-2-10-19-17(13)21-16/h2-10H,1H3,(H,19,20,21). The van der Waals surface area contributed by atoms with E-state index in [1.807, 2.05) is 42.5 Å². The van der Waals surface area contributed by atoms with E-state index >= 15 is 0 Å². The summed E-state index contributed by atoms with van der Waals surface area (Å²) >= 11 is 1.42. The second-order valence-corrected chi connectivity index (χ2v) is 6.28. The predicted molar refractivity (Wildman–Crippen MR) is 94.0 cm³/mol. The average molecular weight is 335 g/mol. The molecule has 0 atom stereocenters. The third-order valence-corrected chi connectivity index (χ3v) is 4.81. The number of thiophene rings is 1. The maximum absolute atomic E-state index is 11.6. The summed E-state index contributed by atoms with van der Waals surface area (Å²) in [5, 5.41) is 0. The van der Waals surface area contributed by atoms with Gasteiger partial charge < -0.3 is 9.72 Å². The van der Waals surface area contributed by atoms with Crippen LogP contribution in [0.25, 0.3) is 33.0 Å². The number of fused-ring (bicyclic) bond motifs is 1. The van der Waals surface area contributed by atoms with Gasteiger partial charge >= 0.3 is 5.97 Å². The van der Waals surface area contributed by atoms with Gasteiger partial charge in [-0.15, -0.1) is 11.3 Å². The lowest BCUT2D eigenvalue weighted by molar-refractivity contribution is 0.0606. The number of hydrogen-bond acceptors (Lipinski definition) is 5. The first-order valence-corrected chi connectivity index (χ1v) is 8.16. The molecule has 0 saturated carbocycles. The fourth-order valence-corrected chi connectivity index (χ4v) is 3.41. The highest BCUT2D eigenvalue weighted by Gasteiger charge is 2.11. The number of methoxy groups -OCH3 is 1. The molecule has 0 aliphatic heterocycles. The van der Waals surface area contributed by atoms with E-state index in [4.69, 9.17) is 4.74 Å². The normalized spacial score (nSPS) is 10.9. The third-order valence-electron chi connectivity index (χ3n) is 3.69. The van der Waals surface area contributed by atoms with Gasteiger partial charge in [-0.3, -0.25) is 0 Å². The fraction of sp³-hybridized carbons (Fsp3) is 0.0556. The Kier molecular flexibility index (Phi) is 3.59. The molecule has 0 radical (unpaired) electrons. The Bertz CT molecular complexity index is 985. The van der Waals surface area contributed by atoms with E-state index in [9.17, 15) is 4.79 Å². The lowest BCUT2D eigenvalue weighted by Gasteiger charge is -2.00. The van der Waals surface area contributed by atoms with Gasteiger partial charge in [0.2, 0.25) is 0 Å². The molecule has 0 fully saturated rings. The van der Waals surface area contributed by atoms with Crippen molar-refractivity contribution in [3.8, 4) is 21.8 Å². The average Bonchev–Trinajstić information content (AvgIpc) is 3.28. The van der Waals surface area contributed by atoms with Crippen LogP contribution in [0.3, 0.4) is 0 Å². The summed E-state index contributed by atoms with van der Waals surface area (Å²) in [6.07, 6.45) is 1.73. The Hall–Kier alpha value is -2.99. The first-order valence-electron chi connectivity index (χ1n) is 7.34. The molecule has 0 spiro atoms. The van der Waals surface area contributed by atoms with Gasteiger partial charge in [0.15, 0.2) is 5.65 Å². The van der Waals surface area contributed by atoms with Gasteiger partial charge in [0.1, 0.15) is 10.7 Å². The molecule has 5 nitrogen and oxygen atoms in total. The zero-order valence-corrected chi connectivity index (χ0v) is 13.6. The molecule has 0 bridgehead atoms. The number of benzene rings is 1. The first-order chi connectivity index (χ1) is 11.7. The van der Waals surface area contributed by atoms with Crippen LogP contribution in [0, 0.1) is 0 Å². The minimum absolute atomic E-state index is 0.308. The van der Waals surface area contributed by atoms with Crippen molar-refractivity contribution in [2.45, 2.75) is 0 Å². The number of nitrogens with zero attached hydrogens (tertiary/aromatic N) is 2. The van der Waals surface area contributed by atoms with Crippen LogP contribution in [0.1, 0.15) is 9.67 Å². The van der Waals surface area contributed by atoms with Crippen LogP contribution >= 0.6 is 11.3 Å². The van der Waals surface area contributed by atoms with E-state index in [1.54, 1.807) is 12.3 Å². The molecule has 0 saturated heterocycles. The van der Waals surface area contributed by atoms with E-state index < -0.39 is 0 Å². The number of rotatable bonds is 3. The molecule has 24 heavy (non-hydrogen) atoms. The molecule has 118 valence electrons. The number of carbonyl (C=O) groups is 1. The van der Waals surface area contributed by atoms with Crippen LogP contribution in [-0.2, 0) is 4.74 Å². The minimum atomic E-state index is -0.308. The van der Waals surface area contributed by atoms with Crippen molar-refractivity contribution in [1.29, 1.82) is 0 Å². The molecule has 4 aromatic rings. The summed E-state index contributed by atoms with van der Waals surface area (Å²) in [4.78, 5) is 25.2. The van der Waals surface area contributed by atoms with Gasteiger partial charge in [-0.25, -0.2) is 14.8 Å². The molecular weight excluding hydrogens is 322 g/mol. The highest BCUT2D eigenvalue weighted by atomic mass is 32.1. The maximum Gasteiger partial charge on any atom is 0.348 e. The Morgan fingerprint density at radius 2 is 1.88 bits per heavy atom. The molecule has 0 aliphatic carbocycles. The molecular formula is C18H13N3O2S. The Balaban J connectivity index is 1.64. The number of esters is 1. The van der Waals surface area contributed by atoms with Gasteiger partial charge in [0.05, 0.1) is 12.6 Å². The van der Waals surface area contributed by atoms with Crippen molar-refractivity contribution in [1.82, 2.24) is 15.0 Å². The molecule has 6 heteroatoms. The molecule has 3 aromatic heterocycles. The second kappa shape index (κ2) is 5.90. The Labute approximate surface area is 142 Å². The number of hydrogen-bond donors (Lipinski definition) is 1. The van der Waals surface area contributed by atoms with Gasteiger partial charge in [0.25, 0.3) is 0 Å². The number of ether oxygens (including phenoxy) is 1. The number of H-pyrrole nitrogens is 1. The minimum Gasteiger partial charge on any atom is -0.465 e. The molecule has 0 aliphatic rings. The van der Waals surface area contributed by atoms with E-state index in [-0.39, 0.29) is 5.97 Å². The Morgan fingerprint density at radius 3 is 2.62 bits per heavy atom. The van der Waals surface area contributed by atoms with Crippen molar-refractivity contribution >= 4 is 28.5 Å². The lowest BCUT2D eigenvalue weighted by atomic mass is 10.1. The zero-order chi connectivity index (χ0) is 16.5. The van der Waals surface area contributed by atoms with Crippen LogP contribution in [0.15, 0.2) is 54.7 Å². The molecule has 1 N–H and O–H groups in total. The van der Waals surface area contributed by atoms with Gasteiger partial charge in [-0.05, 0) is 29.8 Å². The molecule has 0 amide bonds. The monoisotopic (exact) mass is 335 g/mol. The topological polar surface area (TPSA) is 67.9 Å². The summed E-state index contributed by atoms with van der Waals surface area (Å²) in [7, 11) is 1.39. The van der Waals surface area contributed by atoms with Gasteiger partial charge in [-0.2, -0.15) is 0 Å². The highest BCUT2D eigenvalue weighted by molar-refractivity contribution is 7.17. The van der Waals surface area contributed by atoms with Crippen LogP contribution in [0.2, 0.25) is 0 Å². The quantitative estimate of drug-likeness (QED) is 0.571. The summed E-state index contributed by atoms with van der Waals surface area (Å²) < 4.78 is 4.74. The number of nitrogens with one attached hydrogen (secondary N) is 1. The van der Waals surface area contributed by atoms with Crippen molar-refractivity contribution < 1.29 is 9.53 Å². The predicted octanol–water partition coefficient (Wildman–Crippen LogP) is 4.14. The molecule has 3 heterocycles. The number of imidazole rings is 1. The second-order valence-electron chi connectivity index (χ2n) is 5.19.